The van der Waals surface area contributed by atoms with Crippen LogP contribution in [0.4, 0.5) is 0 Å². The minimum absolute atomic E-state index is 0.384. The van der Waals surface area contributed by atoms with E-state index in [1.54, 1.807) is 0 Å². The van der Waals surface area contributed by atoms with E-state index in [9.17, 15) is 4.79 Å². The number of carbonyl (C=O) groups excluding carboxylic acids is 1. The van der Waals surface area contributed by atoms with Gasteiger partial charge in [0.2, 0.25) is 0 Å². The first-order valence-electron chi connectivity index (χ1n) is 5.30. The number of rotatable bonds is 1. The first-order valence-corrected chi connectivity index (χ1v) is 5.30. The Balaban J connectivity index is 0. The Labute approximate surface area is 77.6 Å². The molecule has 0 spiro atoms. The van der Waals surface area contributed by atoms with Gasteiger partial charge in [0, 0.05) is 5.92 Å². The average molecular weight is 172 g/mol. The molecule has 0 aliphatic heterocycles. The summed E-state index contributed by atoms with van der Waals surface area (Å²) in [6.45, 7) is 10.2. The van der Waals surface area contributed by atoms with Gasteiger partial charge in [0.15, 0.2) is 0 Å². The number of carbonyl (C=O) groups is 1. The molecule has 0 aromatic rings. The predicted octanol–water partition coefficient (Wildman–Crippen LogP) is 3.67. The summed E-state index contributed by atoms with van der Waals surface area (Å²) < 4.78 is 0. The molecule has 12 heavy (non-hydrogen) atoms. The molecule has 0 amide bonds. The smallest absolute Gasteiger partial charge is 0.123 e. The Morgan fingerprint density at radius 3 is 1.75 bits per heavy atom. The zero-order chi connectivity index (χ0) is 9.98. The van der Waals surface area contributed by atoms with Crippen molar-refractivity contribution in [2.75, 3.05) is 0 Å². The van der Waals surface area contributed by atoms with E-state index in [0.29, 0.717) is 11.8 Å². The fraction of sp³-hybridized carbons (Fsp3) is 0.909. The lowest BCUT2D eigenvalue weighted by Gasteiger charge is -2.03. The van der Waals surface area contributed by atoms with Crippen molar-refractivity contribution in [3.8, 4) is 0 Å². The van der Waals surface area contributed by atoms with Crippen molar-refractivity contribution in [3.05, 3.63) is 0 Å². The molecule has 0 aromatic carbocycles. The van der Waals surface area contributed by atoms with Crippen molar-refractivity contribution in [3.63, 3.8) is 0 Å². The van der Waals surface area contributed by atoms with Gasteiger partial charge in [0.05, 0.1) is 0 Å². The third-order valence-electron chi connectivity index (χ3n) is 2.10. The van der Waals surface area contributed by atoms with Crippen molar-refractivity contribution in [1.29, 1.82) is 0 Å². The second-order valence-electron chi connectivity index (χ2n) is 2.71. The quantitative estimate of drug-likeness (QED) is 0.551. The Morgan fingerprint density at radius 2 is 1.58 bits per heavy atom. The van der Waals surface area contributed by atoms with Gasteiger partial charge in [-0.25, -0.2) is 0 Å². The summed E-state index contributed by atoms with van der Waals surface area (Å²) in [6.07, 6.45) is 4.75. The third kappa shape index (κ3) is 5.34. The highest BCUT2D eigenvalue weighted by molar-refractivity contribution is 5.54. The van der Waals surface area contributed by atoms with Crippen molar-refractivity contribution in [1.82, 2.24) is 0 Å². The lowest BCUT2D eigenvalue weighted by molar-refractivity contribution is -0.111. The van der Waals surface area contributed by atoms with Crippen LogP contribution in [0.5, 0.6) is 0 Å². The highest BCUT2D eigenvalue weighted by atomic mass is 16.1. The van der Waals surface area contributed by atoms with Gasteiger partial charge in [-0.2, -0.15) is 0 Å². The predicted molar refractivity (Wildman–Crippen MR) is 55.3 cm³/mol. The Hall–Kier alpha value is -0.330. The van der Waals surface area contributed by atoms with Crippen LogP contribution in [0.1, 0.15) is 53.9 Å². The first-order chi connectivity index (χ1) is 5.84. The van der Waals surface area contributed by atoms with Gasteiger partial charge in [-0.3, -0.25) is 0 Å². The Kier molecular flexibility index (Phi) is 12.6. The van der Waals surface area contributed by atoms with E-state index in [1.807, 2.05) is 27.7 Å². The topological polar surface area (TPSA) is 17.1 Å². The van der Waals surface area contributed by atoms with E-state index < -0.39 is 0 Å². The standard InChI is InChI=1S/C7H12O.2C2H6/c1-6-3-2-4-7(6)5-8;2*1-2/h5-7H,2-4H2,1H3;2*1-2H3. The summed E-state index contributed by atoms with van der Waals surface area (Å²) in [4.78, 5) is 10.2. The number of aldehydes is 1. The first kappa shape index (κ1) is 14.2. The van der Waals surface area contributed by atoms with Gasteiger partial charge >= 0.3 is 0 Å². The van der Waals surface area contributed by atoms with Crippen molar-refractivity contribution < 1.29 is 4.79 Å². The van der Waals surface area contributed by atoms with E-state index in [-0.39, 0.29) is 0 Å². The van der Waals surface area contributed by atoms with Gasteiger partial charge in [0.25, 0.3) is 0 Å². The normalized spacial score (nSPS) is 26.1. The van der Waals surface area contributed by atoms with Crippen LogP contribution in [0.3, 0.4) is 0 Å². The zero-order valence-electron chi connectivity index (χ0n) is 9.26. The summed E-state index contributed by atoms with van der Waals surface area (Å²) in [7, 11) is 0. The van der Waals surface area contributed by atoms with E-state index in [0.717, 1.165) is 12.7 Å². The third-order valence-corrected chi connectivity index (χ3v) is 2.10. The molecule has 74 valence electrons. The molecule has 1 aliphatic carbocycles. The maximum atomic E-state index is 10.2. The number of hydrogen-bond donors (Lipinski definition) is 0. The minimum atomic E-state index is 0.384. The lowest BCUT2D eigenvalue weighted by Crippen LogP contribution is -2.03. The summed E-state index contributed by atoms with van der Waals surface area (Å²) in [6, 6.07) is 0. The summed E-state index contributed by atoms with van der Waals surface area (Å²) in [5.41, 5.74) is 0. The molecule has 0 N–H and O–H groups in total. The van der Waals surface area contributed by atoms with Crippen LogP contribution in [0.25, 0.3) is 0 Å². The molecule has 2 atom stereocenters. The molecule has 0 radical (unpaired) electrons. The van der Waals surface area contributed by atoms with Crippen LogP contribution in [0.2, 0.25) is 0 Å². The largest absolute Gasteiger partial charge is 0.303 e. The molecule has 0 bridgehead atoms. The van der Waals surface area contributed by atoms with Crippen molar-refractivity contribution in [2.24, 2.45) is 11.8 Å². The van der Waals surface area contributed by atoms with Crippen LogP contribution in [0.15, 0.2) is 0 Å². The molecule has 1 aliphatic rings. The molecule has 1 heteroatoms. The van der Waals surface area contributed by atoms with Gasteiger partial charge in [-0.05, 0) is 12.3 Å². The molecule has 1 saturated carbocycles. The maximum absolute atomic E-state index is 10.2. The van der Waals surface area contributed by atoms with Gasteiger partial charge in [-0.1, -0.05) is 47.5 Å². The lowest BCUT2D eigenvalue weighted by atomic mass is 10.0. The van der Waals surface area contributed by atoms with Crippen LogP contribution in [-0.2, 0) is 4.79 Å². The van der Waals surface area contributed by atoms with Crippen LogP contribution in [0, 0.1) is 11.8 Å². The SMILES string of the molecule is CC.CC.CC1CCCC1C=O. The monoisotopic (exact) mass is 172 g/mol. The van der Waals surface area contributed by atoms with E-state index in [2.05, 4.69) is 6.92 Å². The second-order valence-corrected chi connectivity index (χ2v) is 2.71. The van der Waals surface area contributed by atoms with Crippen molar-refractivity contribution >= 4 is 6.29 Å². The highest BCUT2D eigenvalue weighted by Crippen LogP contribution is 2.28. The summed E-state index contributed by atoms with van der Waals surface area (Å²) >= 11 is 0. The summed E-state index contributed by atoms with van der Waals surface area (Å²) in [5, 5.41) is 0. The highest BCUT2D eigenvalue weighted by Gasteiger charge is 2.21. The molecule has 0 heterocycles. The fourth-order valence-corrected chi connectivity index (χ4v) is 1.38. The molecule has 1 rings (SSSR count). The molecule has 1 fully saturated rings. The van der Waals surface area contributed by atoms with Crippen molar-refractivity contribution in [2.45, 2.75) is 53.9 Å². The van der Waals surface area contributed by atoms with E-state index >= 15 is 0 Å². The van der Waals surface area contributed by atoms with E-state index in [1.165, 1.54) is 12.8 Å². The Morgan fingerprint density at radius 1 is 1.08 bits per heavy atom. The zero-order valence-corrected chi connectivity index (χ0v) is 9.26. The molecular formula is C11H24O. The molecular weight excluding hydrogens is 148 g/mol. The maximum Gasteiger partial charge on any atom is 0.123 e. The molecule has 0 aromatic heterocycles. The Bertz CT molecular complexity index is 89.0. The molecule has 1 nitrogen and oxygen atoms in total. The molecule has 0 saturated heterocycles. The van der Waals surface area contributed by atoms with Crippen LogP contribution >= 0.6 is 0 Å². The van der Waals surface area contributed by atoms with Crippen LogP contribution in [-0.4, -0.2) is 6.29 Å². The van der Waals surface area contributed by atoms with Gasteiger partial charge in [-0.15, -0.1) is 0 Å². The van der Waals surface area contributed by atoms with Gasteiger partial charge < -0.3 is 4.79 Å². The fourth-order valence-electron chi connectivity index (χ4n) is 1.38. The minimum Gasteiger partial charge on any atom is -0.303 e. The number of hydrogen-bond acceptors (Lipinski definition) is 1. The van der Waals surface area contributed by atoms with E-state index in [4.69, 9.17) is 0 Å². The second kappa shape index (κ2) is 10.7. The molecule has 2 unspecified atom stereocenters. The average Bonchev–Trinajstić information content (AvgIpc) is 2.58. The van der Waals surface area contributed by atoms with Crippen LogP contribution < -0.4 is 0 Å². The summed E-state index contributed by atoms with van der Waals surface area (Å²) in [5.74, 6) is 1.04. The van der Waals surface area contributed by atoms with Gasteiger partial charge in [0.1, 0.15) is 6.29 Å².